The van der Waals surface area contributed by atoms with Gasteiger partial charge < -0.3 is 16.6 Å². The molecule has 0 fully saturated rings. The maximum absolute atomic E-state index is 13.3. The molecule has 0 aliphatic heterocycles. The molecule has 5 heteroatoms. The number of rotatable bonds is 3. The van der Waals surface area contributed by atoms with Crippen LogP contribution >= 0.6 is 0 Å². The Hall–Kier alpha value is -2.14. The van der Waals surface area contributed by atoms with E-state index in [1.807, 2.05) is 0 Å². The third-order valence-electron chi connectivity index (χ3n) is 3.02. The fourth-order valence-corrected chi connectivity index (χ4v) is 1.89. The van der Waals surface area contributed by atoms with Crippen molar-refractivity contribution in [1.29, 1.82) is 0 Å². The summed E-state index contributed by atoms with van der Waals surface area (Å²) in [5.74, 6) is 0. The zero-order chi connectivity index (χ0) is 14.0. The molecule has 100 valence electrons. The molecule has 19 heavy (non-hydrogen) atoms. The number of hydrogen-bond acceptors (Lipinski definition) is 3. The lowest BCUT2D eigenvalue weighted by atomic mass is 9.86. The molecule has 0 aromatic heterocycles. The number of alkyl halides is 2. The topological polar surface area (TPSA) is 72.3 Å². The largest absolute Gasteiger partial charge is 0.399 e. The summed E-state index contributed by atoms with van der Waals surface area (Å²) in [6.07, 6.45) is -2.97. The van der Waals surface area contributed by atoms with Gasteiger partial charge in [-0.15, -0.1) is 0 Å². The van der Waals surface area contributed by atoms with Crippen LogP contribution in [0.15, 0.2) is 48.5 Å². The highest BCUT2D eigenvalue weighted by molar-refractivity contribution is 5.47. The molecule has 0 bridgehead atoms. The van der Waals surface area contributed by atoms with Crippen LogP contribution in [-0.4, -0.2) is 11.5 Å². The van der Waals surface area contributed by atoms with Gasteiger partial charge in [-0.1, -0.05) is 24.3 Å². The van der Waals surface area contributed by atoms with Crippen molar-refractivity contribution in [3.8, 4) is 0 Å². The highest BCUT2D eigenvalue weighted by Crippen LogP contribution is 2.36. The van der Waals surface area contributed by atoms with Gasteiger partial charge >= 0.3 is 0 Å². The molecule has 2 rings (SSSR count). The van der Waals surface area contributed by atoms with E-state index in [1.54, 1.807) is 0 Å². The zero-order valence-electron chi connectivity index (χ0n) is 10.1. The van der Waals surface area contributed by atoms with Gasteiger partial charge in [-0.05, 0) is 35.4 Å². The number of anilines is 2. The molecule has 0 aliphatic carbocycles. The summed E-state index contributed by atoms with van der Waals surface area (Å²) in [6.45, 7) is 0. The van der Waals surface area contributed by atoms with Crippen molar-refractivity contribution in [3.63, 3.8) is 0 Å². The monoisotopic (exact) mass is 264 g/mol. The Bertz CT molecular complexity index is 507. The van der Waals surface area contributed by atoms with Crippen molar-refractivity contribution in [2.24, 2.45) is 0 Å². The zero-order valence-corrected chi connectivity index (χ0v) is 10.1. The molecular weight excluding hydrogens is 250 g/mol. The smallest absolute Gasteiger partial charge is 0.275 e. The summed E-state index contributed by atoms with van der Waals surface area (Å²) in [7, 11) is 0. The van der Waals surface area contributed by atoms with Crippen molar-refractivity contribution < 1.29 is 13.9 Å². The van der Waals surface area contributed by atoms with Crippen LogP contribution in [0.1, 0.15) is 11.1 Å². The number of halogens is 2. The number of hydrogen-bond donors (Lipinski definition) is 3. The van der Waals surface area contributed by atoms with Gasteiger partial charge in [0.2, 0.25) is 0 Å². The second kappa shape index (κ2) is 4.85. The van der Waals surface area contributed by atoms with E-state index in [1.165, 1.54) is 48.5 Å². The van der Waals surface area contributed by atoms with E-state index in [2.05, 4.69) is 0 Å². The predicted molar refractivity (Wildman–Crippen MR) is 70.7 cm³/mol. The molecule has 2 aromatic carbocycles. The lowest BCUT2D eigenvalue weighted by Gasteiger charge is -2.28. The first-order chi connectivity index (χ1) is 8.94. The van der Waals surface area contributed by atoms with E-state index in [9.17, 15) is 13.9 Å². The Morgan fingerprint density at radius 3 is 1.37 bits per heavy atom. The Balaban J connectivity index is 2.54. The summed E-state index contributed by atoms with van der Waals surface area (Å²) >= 11 is 0. The van der Waals surface area contributed by atoms with E-state index in [4.69, 9.17) is 11.5 Å². The summed E-state index contributed by atoms with van der Waals surface area (Å²) in [5.41, 5.74) is 9.72. The van der Waals surface area contributed by atoms with Crippen LogP contribution in [0.5, 0.6) is 0 Å². The molecule has 2 aromatic rings. The highest BCUT2D eigenvalue weighted by atomic mass is 19.3. The Morgan fingerprint density at radius 2 is 1.11 bits per heavy atom. The van der Waals surface area contributed by atoms with Gasteiger partial charge in [0.15, 0.2) is 5.60 Å². The number of nitrogens with two attached hydrogens (primary N) is 2. The van der Waals surface area contributed by atoms with Gasteiger partial charge in [0.05, 0.1) is 0 Å². The van der Waals surface area contributed by atoms with Crippen molar-refractivity contribution in [2.75, 3.05) is 11.5 Å². The van der Waals surface area contributed by atoms with Crippen molar-refractivity contribution in [1.82, 2.24) is 0 Å². The molecule has 0 saturated carbocycles. The molecule has 3 nitrogen and oxygen atoms in total. The van der Waals surface area contributed by atoms with Crippen LogP contribution in [0.25, 0.3) is 0 Å². The van der Waals surface area contributed by atoms with Crippen molar-refractivity contribution >= 4 is 11.4 Å². The van der Waals surface area contributed by atoms with Gasteiger partial charge in [-0.25, -0.2) is 8.78 Å². The molecule has 0 radical (unpaired) electrons. The lowest BCUT2D eigenvalue weighted by molar-refractivity contribution is -0.0717. The van der Waals surface area contributed by atoms with Crippen LogP contribution in [0.4, 0.5) is 20.2 Å². The molecule has 0 amide bonds. The fourth-order valence-electron chi connectivity index (χ4n) is 1.89. The fraction of sp³-hybridized carbons (Fsp3) is 0.143. The third kappa shape index (κ3) is 2.37. The Labute approximate surface area is 109 Å². The first-order valence-electron chi connectivity index (χ1n) is 5.67. The minimum Gasteiger partial charge on any atom is -0.399 e. The van der Waals surface area contributed by atoms with E-state index in [0.29, 0.717) is 11.4 Å². The summed E-state index contributed by atoms with van der Waals surface area (Å²) in [6, 6.07) is 11.4. The Morgan fingerprint density at radius 1 is 0.789 bits per heavy atom. The molecule has 0 heterocycles. The van der Waals surface area contributed by atoms with E-state index < -0.39 is 12.0 Å². The minimum absolute atomic E-state index is 0.0847. The van der Waals surface area contributed by atoms with Gasteiger partial charge in [0.1, 0.15) is 0 Å². The molecule has 0 saturated heterocycles. The van der Waals surface area contributed by atoms with Crippen LogP contribution < -0.4 is 11.5 Å². The highest BCUT2D eigenvalue weighted by Gasteiger charge is 2.41. The summed E-state index contributed by atoms with van der Waals surface area (Å²) < 4.78 is 26.7. The Kier molecular flexibility index (Phi) is 3.40. The van der Waals surface area contributed by atoms with Crippen molar-refractivity contribution in [2.45, 2.75) is 12.0 Å². The first kappa shape index (κ1) is 13.3. The third-order valence-corrected chi connectivity index (χ3v) is 3.02. The predicted octanol–water partition coefficient (Wildman–Crippen LogP) is 2.35. The maximum atomic E-state index is 13.3. The average molecular weight is 264 g/mol. The first-order valence-corrected chi connectivity index (χ1v) is 5.67. The minimum atomic E-state index is -2.97. The van der Waals surface area contributed by atoms with Gasteiger partial charge in [-0.2, -0.15) is 0 Å². The van der Waals surface area contributed by atoms with Crippen molar-refractivity contribution in [3.05, 3.63) is 59.7 Å². The number of benzene rings is 2. The standard InChI is InChI=1S/C14H14F2N2O/c15-13(16)14(19,9-1-5-11(17)6-2-9)10-3-7-12(18)8-4-10/h1-8,13,19H,17-18H2. The van der Waals surface area contributed by atoms with E-state index in [0.717, 1.165) is 0 Å². The maximum Gasteiger partial charge on any atom is 0.275 e. The average Bonchev–Trinajstić information content (AvgIpc) is 2.39. The lowest BCUT2D eigenvalue weighted by Crippen LogP contribution is -2.35. The second-order valence-electron chi connectivity index (χ2n) is 4.31. The number of aliphatic hydroxyl groups is 1. The molecule has 0 atom stereocenters. The van der Waals surface area contributed by atoms with Gasteiger partial charge in [0, 0.05) is 11.4 Å². The SMILES string of the molecule is Nc1ccc(C(O)(c2ccc(N)cc2)C(F)F)cc1. The second-order valence-corrected chi connectivity index (χ2v) is 4.31. The van der Waals surface area contributed by atoms with Gasteiger partial charge in [-0.3, -0.25) is 0 Å². The van der Waals surface area contributed by atoms with Crippen LogP contribution in [0.3, 0.4) is 0 Å². The van der Waals surface area contributed by atoms with Crippen LogP contribution in [0, 0.1) is 0 Å². The molecule has 5 N–H and O–H groups in total. The van der Waals surface area contributed by atoms with Crippen LogP contribution in [-0.2, 0) is 5.60 Å². The molecule has 0 spiro atoms. The quantitative estimate of drug-likeness (QED) is 0.745. The number of nitrogen functional groups attached to an aromatic ring is 2. The summed E-state index contributed by atoms with van der Waals surface area (Å²) in [4.78, 5) is 0. The van der Waals surface area contributed by atoms with E-state index >= 15 is 0 Å². The van der Waals surface area contributed by atoms with Gasteiger partial charge in [0.25, 0.3) is 6.43 Å². The molecule has 0 unspecified atom stereocenters. The molecular formula is C14H14F2N2O. The summed E-state index contributed by atoms with van der Waals surface area (Å²) in [5, 5.41) is 10.4. The van der Waals surface area contributed by atoms with Crippen LogP contribution in [0.2, 0.25) is 0 Å². The molecule has 0 aliphatic rings. The normalized spacial score (nSPS) is 11.8. The van der Waals surface area contributed by atoms with E-state index in [-0.39, 0.29) is 11.1 Å².